The van der Waals surface area contributed by atoms with Crippen LogP contribution in [0.4, 0.5) is 0 Å². The molecule has 70 valence electrons. The first-order valence-corrected chi connectivity index (χ1v) is 5.42. The van der Waals surface area contributed by atoms with Gasteiger partial charge in [0.1, 0.15) is 0 Å². The summed E-state index contributed by atoms with van der Waals surface area (Å²) in [6.45, 7) is 6.90. The van der Waals surface area contributed by atoms with E-state index in [1.54, 1.807) is 11.1 Å². The fourth-order valence-electron chi connectivity index (χ4n) is 2.80. The molecule has 1 unspecified atom stereocenters. The first-order chi connectivity index (χ1) is 6.25. The van der Waals surface area contributed by atoms with E-state index < -0.39 is 0 Å². The number of hydrogen-bond donors (Lipinski definition) is 0. The molecular formula is C13H18. The summed E-state index contributed by atoms with van der Waals surface area (Å²) in [6, 6.07) is 0. The molecule has 2 radical (unpaired) electrons. The first-order valence-electron chi connectivity index (χ1n) is 5.42. The fraction of sp³-hybridized carbons (Fsp3) is 0.615. The monoisotopic (exact) mass is 174 g/mol. The highest BCUT2D eigenvalue weighted by Crippen LogP contribution is 2.44. The SMILES string of the molecule is CCC1=C(C)C2=C(CCC[C]2)C1C. The van der Waals surface area contributed by atoms with Gasteiger partial charge in [0.15, 0.2) is 0 Å². The van der Waals surface area contributed by atoms with Crippen molar-refractivity contribution in [3.05, 3.63) is 28.7 Å². The Kier molecular flexibility index (Phi) is 2.31. The molecule has 0 spiro atoms. The van der Waals surface area contributed by atoms with E-state index >= 15 is 0 Å². The zero-order valence-electron chi connectivity index (χ0n) is 8.91. The van der Waals surface area contributed by atoms with E-state index in [2.05, 4.69) is 27.2 Å². The van der Waals surface area contributed by atoms with Crippen LogP contribution in [0.1, 0.15) is 46.5 Å². The molecule has 0 aliphatic heterocycles. The molecule has 2 aliphatic carbocycles. The number of rotatable bonds is 1. The van der Waals surface area contributed by atoms with Crippen molar-refractivity contribution < 1.29 is 0 Å². The lowest BCUT2D eigenvalue weighted by atomic mass is 9.87. The van der Waals surface area contributed by atoms with E-state index in [0.717, 1.165) is 0 Å². The average Bonchev–Trinajstić information content (AvgIpc) is 2.41. The summed E-state index contributed by atoms with van der Waals surface area (Å²) in [4.78, 5) is 0. The molecule has 0 nitrogen and oxygen atoms in total. The van der Waals surface area contributed by atoms with Gasteiger partial charge < -0.3 is 0 Å². The highest BCUT2D eigenvalue weighted by molar-refractivity contribution is 5.53. The van der Waals surface area contributed by atoms with Crippen LogP contribution in [-0.2, 0) is 0 Å². The van der Waals surface area contributed by atoms with Crippen molar-refractivity contribution in [1.82, 2.24) is 0 Å². The third-order valence-corrected chi connectivity index (χ3v) is 3.53. The maximum atomic E-state index is 3.55. The van der Waals surface area contributed by atoms with E-state index in [4.69, 9.17) is 0 Å². The molecule has 0 aromatic carbocycles. The number of allylic oxidation sites excluding steroid dienone is 4. The van der Waals surface area contributed by atoms with Crippen LogP contribution >= 0.6 is 0 Å². The van der Waals surface area contributed by atoms with Crippen molar-refractivity contribution in [2.45, 2.75) is 46.5 Å². The Labute approximate surface area is 81.7 Å². The molecule has 0 aromatic heterocycles. The lowest BCUT2D eigenvalue weighted by Crippen LogP contribution is -2.02. The summed E-state index contributed by atoms with van der Waals surface area (Å²) in [5.41, 5.74) is 6.33. The second-order valence-corrected chi connectivity index (χ2v) is 4.16. The molecule has 0 fully saturated rings. The van der Waals surface area contributed by atoms with Crippen LogP contribution in [0.5, 0.6) is 0 Å². The summed E-state index contributed by atoms with van der Waals surface area (Å²) in [5, 5.41) is 0. The van der Waals surface area contributed by atoms with E-state index in [1.807, 2.05) is 0 Å². The molecule has 0 aromatic rings. The van der Waals surface area contributed by atoms with Crippen LogP contribution in [-0.4, -0.2) is 0 Å². The van der Waals surface area contributed by atoms with E-state index in [1.165, 1.54) is 36.8 Å². The predicted molar refractivity (Wildman–Crippen MR) is 56.3 cm³/mol. The third-order valence-electron chi connectivity index (χ3n) is 3.53. The normalized spacial score (nSPS) is 28.4. The molecule has 1 atom stereocenters. The second-order valence-electron chi connectivity index (χ2n) is 4.16. The van der Waals surface area contributed by atoms with Crippen molar-refractivity contribution in [2.75, 3.05) is 0 Å². The van der Waals surface area contributed by atoms with Crippen molar-refractivity contribution in [3.63, 3.8) is 0 Å². The maximum Gasteiger partial charge on any atom is 0.0167 e. The minimum Gasteiger partial charge on any atom is -0.0616 e. The summed E-state index contributed by atoms with van der Waals surface area (Å²) >= 11 is 0. The van der Waals surface area contributed by atoms with E-state index in [-0.39, 0.29) is 0 Å². The third kappa shape index (κ3) is 1.27. The van der Waals surface area contributed by atoms with E-state index in [9.17, 15) is 0 Å². The topological polar surface area (TPSA) is 0 Å². The molecule has 0 N–H and O–H groups in total. The van der Waals surface area contributed by atoms with Gasteiger partial charge in [0.05, 0.1) is 0 Å². The van der Waals surface area contributed by atoms with Crippen LogP contribution in [0.3, 0.4) is 0 Å². The van der Waals surface area contributed by atoms with Gasteiger partial charge in [-0.05, 0) is 49.7 Å². The van der Waals surface area contributed by atoms with E-state index in [0.29, 0.717) is 5.92 Å². The van der Waals surface area contributed by atoms with Gasteiger partial charge in [-0.1, -0.05) is 25.0 Å². The van der Waals surface area contributed by atoms with Gasteiger partial charge in [-0.2, -0.15) is 0 Å². The molecule has 0 heterocycles. The molecule has 0 amide bonds. The minimum absolute atomic E-state index is 0.716. The second kappa shape index (κ2) is 3.32. The van der Waals surface area contributed by atoms with Gasteiger partial charge >= 0.3 is 0 Å². The summed E-state index contributed by atoms with van der Waals surface area (Å²) < 4.78 is 0. The Morgan fingerprint density at radius 1 is 1.46 bits per heavy atom. The molecular weight excluding hydrogens is 156 g/mol. The van der Waals surface area contributed by atoms with Gasteiger partial charge in [0.25, 0.3) is 0 Å². The molecule has 0 heteroatoms. The highest BCUT2D eigenvalue weighted by atomic mass is 14.3. The van der Waals surface area contributed by atoms with Crippen LogP contribution in [0.2, 0.25) is 0 Å². The Hall–Kier alpha value is -0.520. The molecule has 2 rings (SSSR count). The largest absolute Gasteiger partial charge is 0.0616 e. The van der Waals surface area contributed by atoms with Crippen LogP contribution in [0, 0.1) is 12.3 Å². The quantitative estimate of drug-likeness (QED) is 0.565. The van der Waals surface area contributed by atoms with Gasteiger partial charge in [-0.3, -0.25) is 0 Å². The molecule has 0 saturated heterocycles. The van der Waals surface area contributed by atoms with Crippen molar-refractivity contribution in [3.8, 4) is 0 Å². The Morgan fingerprint density at radius 2 is 2.23 bits per heavy atom. The lowest BCUT2D eigenvalue weighted by Gasteiger charge is -2.17. The minimum atomic E-state index is 0.716. The Bertz CT molecular complexity index is 278. The van der Waals surface area contributed by atoms with Crippen LogP contribution < -0.4 is 0 Å². The smallest absolute Gasteiger partial charge is 0.0167 e. The zero-order valence-corrected chi connectivity index (χ0v) is 8.91. The van der Waals surface area contributed by atoms with Crippen molar-refractivity contribution in [1.29, 1.82) is 0 Å². The Morgan fingerprint density at radius 3 is 2.85 bits per heavy atom. The van der Waals surface area contributed by atoms with Crippen molar-refractivity contribution >= 4 is 0 Å². The molecule has 0 bridgehead atoms. The predicted octanol–water partition coefficient (Wildman–Crippen LogP) is 3.92. The summed E-state index contributed by atoms with van der Waals surface area (Å²) in [6.07, 6.45) is 8.55. The van der Waals surface area contributed by atoms with Crippen molar-refractivity contribution in [2.24, 2.45) is 5.92 Å². The lowest BCUT2D eigenvalue weighted by molar-refractivity contribution is 0.674. The highest BCUT2D eigenvalue weighted by Gasteiger charge is 2.28. The van der Waals surface area contributed by atoms with Crippen LogP contribution in [0.25, 0.3) is 0 Å². The number of hydrogen-bond acceptors (Lipinski definition) is 0. The van der Waals surface area contributed by atoms with Gasteiger partial charge in [0, 0.05) is 6.42 Å². The van der Waals surface area contributed by atoms with Gasteiger partial charge in [-0.25, -0.2) is 0 Å². The average molecular weight is 174 g/mol. The molecule has 0 saturated carbocycles. The molecule has 2 aliphatic rings. The maximum absolute atomic E-state index is 3.55. The first kappa shape index (κ1) is 9.05. The molecule has 13 heavy (non-hydrogen) atoms. The van der Waals surface area contributed by atoms with Crippen LogP contribution in [0.15, 0.2) is 22.3 Å². The van der Waals surface area contributed by atoms with Gasteiger partial charge in [0.2, 0.25) is 0 Å². The summed E-state index contributed by atoms with van der Waals surface area (Å²) in [5.74, 6) is 0.716. The van der Waals surface area contributed by atoms with Gasteiger partial charge in [-0.15, -0.1) is 0 Å². The standard InChI is InChI=1S/C13H18/c1-4-11-9(2)12-7-5-6-8-13(12)10(11)3/h9H,4-7H2,1-3H3. The Balaban J connectivity index is 2.36. The zero-order chi connectivity index (χ0) is 9.42. The fourth-order valence-corrected chi connectivity index (χ4v) is 2.80. The summed E-state index contributed by atoms with van der Waals surface area (Å²) in [7, 11) is 0.